The number of hydrogen-bond acceptors (Lipinski definition) is 3. The standard InChI is InChI=1S/C14H20N4/c1-10-16-12-8-11(4-5-13(12)18(10)3)17(2)9-14(15)6-7-14/h4-5,8H,6-7,9,15H2,1-3H3. The van der Waals surface area contributed by atoms with Crippen LogP contribution in [0, 0.1) is 6.92 Å². The Hall–Kier alpha value is -1.55. The van der Waals surface area contributed by atoms with Gasteiger partial charge in [0.15, 0.2) is 0 Å². The van der Waals surface area contributed by atoms with Gasteiger partial charge in [-0.2, -0.15) is 0 Å². The molecule has 1 heterocycles. The first-order chi connectivity index (χ1) is 8.48. The van der Waals surface area contributed by atoms with Crippen LogP contribution >= 0.6 is 0 Å². The van der Waals surface area contributed by atoms with E-state index in [0.717, 1.165) is 30.7 Å². The third kappa shape index (κ3) is 1.86. The van der Waals surface area contributed by atoms with E-state index < -0.39 is 0 Å². The quantitative estimate of drug-likeness (QED) is 0.895. The molecular weight excluding hydrogens is 224 g/mol. The first-order valence-electron chi connectivity index (χ1n) is 6.42. The van der Waals surface area contributed by atoms with Gasteiger partial charge >= 0.3 is 0 Å². The van der Waals surface area contributed by atoms with Crippen molar-refractivity contribution in [3.8, 4) is 0 Å². The fraction of sp³-hybridized carbons (Fsp3) is 0.500. The third-order valence-electron chi connectivity index (χ3n) is 3.97. The number of aryl methyl sites for hydroxylation is 2. The van der Waals surface area contributed by atoms with Gasteiger partial charge in [0, 0.05) is 31.9 Å². The Labute approximate surface area is 107 Å². The molecule has 2 N–H and O–H groups in total. The first kappa shape index (κ1) is 11.5. The molecule has 1 aliphatic rings. The zero-order chi connectivity index (χ0) is 12.9. The van der Waals surface area contributed by atoms with Gasteiger partial charge in [0.1, 0.15) is 5.82 Å². The zero-order valence-corrected chi connectivity index (χ0v) is 11.3. The molecule has 1 aromatic carbocycles. The summed E-state index contributed by atoms with van der Waals surface area (Å²) in [7, 11) is 4.15. The smallest absolute Gasteiger partial charge is 0.106 e. The van der Waals surface area contributed by atoms with E-state index in [1.165, 1.54) is 11.2 Å². The number of anilines is 1. The van der Waals surface area contributed by atoms with Crippen LogP contribution in [0.5, 0.6) is 0 Å². The number of nitrogens with zero attached hydrogens (tertiary/aromatic N) is 3. The minimum atomic E-state index is 0.0454. The molecule has 0 amide bonds. The van der Waals surface area contributed by atoms with Crippen LogP contribution in [0.3, 0.4) is 0 Å². The van der Waals surface area contributed by atoms with Gasteiger partial charge in [0.25, 0.3) is 0 Å². The number of benzene rings is 1. The van der Waals surface area contributed by atoms with Crippen LogP contribution in [0.2, 0.25) is 0 Å². The normalized spacial score (nSPS) is 17.1. The molecule has 4 nitrogen and oxygen atoms in total. The van der Waals surface area contributed by atoms with Gasteiger partial charge < -0.3 is 15.2 Å². The predicted molar refractivity (Wildman–Crippen MR) is 74.9 cm³/mol. The lowest BCUT2D eigenvalue weighted by Crippen LogP contribution is -2.37. The number of aromatic nitrogens is 2. The van der Waals surface area contributed by atoms with Crippen molar-refractivity contribution in [2.45, 2.75) is 25.3 Å². The van der Waals surface area contributed by atoms with Crippen molar-refractivity contribution in [3.05, 3.63) is 24.0 Å². The fourth-order valence-corrected chi connectivity index (χ4v) is 2.43. The number of hydrogen-bond donors (Lipinski definition) is 1. The summed E-state index contributed by atoms with van der Waals surface area (Å²) in [5, 5.41) is 0. The van der Waals surface area contributed by atoms with Crippen LogP contribution < -0.4 is 10.6 Å². The van der Waals surface area contributed by atoms with Gasteiger partial charge in [0.2, 0.25) is 0 Å². The molecule has 2 aromatic rings. The highest BCUT2D eigenvalue weighted by Gasteiger charge is 2.39. The lowest BCUT2D eigenvalue weighted by atomic mass is 10.2. The maximum atomic E-state index is 6.16. The Kier molecular flexibility index (Phi) is 2.38. The molecule has 4 heteroatoms. The summed E-state index contributed by atoms with van der Waals surface area (Å²) in [5.74, 6) is 1.04. The summed E-state index contributed by atoms with van der Waals surface area (Å²) < 4.78 is 2.12. The van der Waals surface area contributed by atoms with E-state index in [2.05, 4.69) is 39.7 Å². The van der Waals surface area contributed by atoms with Crippen molar-refractivity contribution >= 4 is 16.7 Å². The number of likely N-dealkylation sites (N-methyl/N-ethyl adjacent to an activating group) is 1. The van der Waals surface area contributed by atoms with Crippen molar-refractivity contribution in [1.82, 2.24) is 9.55 Å². The predicted octanol–water partition coefficient (Wildman–Crippen LogP) is 1.81. The number of rotatable bonds is 3. The Morgan fingerprint density at radius 2 is 2.17 bits per heavy atom. The van der Waals surface area contributed by atoms with Crippen LogP contribution in [0.15, 0.2) is 18.2 Å². The molecule has 18 heavy (non-hydrogen) atoms. The van der Waals surface area contributed by atoms with Gasteiger partial charge in [-0.05, 0) is 38.0 Å². The summed E-state index contributed by atoms with van der Waals surface area (Å²) >= 11 is 0. The van der Waals surface area contributed by atoms with E-state index in [4.69, 9.17) is 5.73 Å². The Morgan fingerprint density at radius 1 is 1.44 bits per heavy atom. The summed E-state index contributed by atoms with van der Waals surface area (Å²) in [6.07, 6.45) is 2.28. The molecule has 1 fully saturated rings. The number of nitrogens with two attached hydrogens (primary N) is 1. The van der Waals surface area contributed by atoms with E-state index in [1.807, 2.05) is 14.0 Å². The monoisotopic (exact) mass is 244 g/mol. The highest BCUT2D eigenvalue weighted by atomic mass is 15.1. The molecule has 0 bridgehead atoms. The van der Waals surface area contributed by atoms with E-state index >= 15 is 0 Å². The molecule has 1 aromatic heterocycles. The molecule has 0 radical (unpaired) electrons. The number of imidazole rings is 1. The second-order valence-electron chi connectivity index (χ2n) is 5.61. The van der Waals surface area contributed by atoms with E-state index in [9.17, 15) is 0 Å². The van der Waals surface area contributed by atoms with E-state index in [1.54, 1.807) is 0 Å². The van der Waals surface area contributed by atoms with Gasteiger partial charge in [-0.15, -0.1) is 0 Å². The fourth-order valence-electron chi connectivity index (χ4n) is 2.43. The minimum absolute atomic E-state index is 0.0454. The lowest BCUT2D eigenvalue weighted by molar-refractivity contribution is 0.661. The molecule has 0 spiro atoms. The highest BCUT2D eigenvalue weighted by molar-refractivity contribution is 5.80. The second kappa shape index (κ2) is 3.72. The van der Waals surface area contributed by atoms with E-state index in [0.29, 0.717) is 0 Å². The minimum Gasteiger partial charge on any atom is -0.373 e. The molecule has 1 aliphatic carbocycles. The van der Waals surface area contributed by atoms with Crippen molar-refractivity contribution < 1.29 is 0 Å². The van der Waals surface area contributed by atoms with Gasteiger partial charge in [-0.25, -0.2) is 4.98 Å². The summed E-state index contributed by atoms with van der Waals surface area (Å²) in [4.78, 5) is 6.81. The molecule has 3 rings (SSSR count). The Balaban J connectivity index is 1.92. The van der Waals surface area contributed by atoms with Gasteiger partial charge in [0.05, 0.1) is 11.0 Å². The molecule has 0 unspecified atom stereocenters. The Morgan fingerprint density at radius 3 is 2.83 bits per heavy atom. The highest BCUT2D eigenvalue weighted by Crippen LogP contribution is 2.34. The molecule has 1 saturated carbocycles. The topological polar surface area (TPSA) is 47.1 Å². The van der Waals surface area contributed by atoms with Crippen LogP contribution in [0.1, 0.15) is 18.7 Å². The van der Waals surface area contributed by atoms with Crippen molar-refractivity contribution in [2.24, 2.45) is 12.8 Å². The average Bonchev–Trinajstić information content (AvgIpc) is 2.98. The van der Waals surface area contributed by atoms with Crippen LogP contribution in [0.4, 0.5) is 5.69 Å². The van der Waals surface area contributed by atoms with Crippen LogP contribution in [-0.2, 0) is 7.05 Å². The number of fused-ring (bicyclic) bond motifs is 1. The molecule has 0 aliphatic heterocycles. The molecule has 96 valence electrons. The molecule has 0 saturated heterocycles. The lowest BCUT2D eigenvalue weighted by Gasteiger charge is -2.23. The van der Waals surface area contributed by atoms with Crippen molar-refractivity contribution in [1.29, 1.82) is 0 Å². The second-order valence-corrected chi connectivity index (χ2v) is 5.61. The largest absolute Gasteiger partial charge is 0.373 e. The summed E-state index contributed by atoms with van der Waals surface area (Å²) in [6.45, 7) is 2.95. The molecular formula is C14H20N4. The van der Waals surface area contributed by atoms with Crippen LogP contribution in [-0.4, -0.2) is 28.7 Å². The van der Waals surface area contributed by atoms with E-state index in [-0.39, 0.29) is 5.54 Å². The maximum absolute atomic E-state index is 6.16. The van der Waals surface area contributed by atoms with Crippen molar-refractivity contribution in [3.63, 3.8) is 0 Å². The maximum Gasteiger partial charge on any atom is 0.106 e. The third-order valence-corrected chi connectivity index (χ3v) is 3.97. The summed E-state index contributed by atoms with van der Waals surface area (Å²) in [5.41, 5.74) is 9.64. The average molecular weight is 244 g/mol. The van der Waals surface area contributed by atoms with Gasteiger partial charge in [-0.1, -0.05) is 0 Å². The Bertz CT molecular complexity index is 595. The van der Waals surface area contributed by atoms with Gasteiger partial charge in [-0.3, -0.25) is 0 Å². The van der Waals surface area contributed by atoms with Crippen molar-refractivity contribution in [2.75, 3.05) is 18.5 Å². The summed E-state index contributed by atoms with van der Waals surface area (Å²) in [6, 6.07) is 6.43. The SMILES string of the molecule is Cc1nc2cc(N(C)CC3(N)CC3)ccc2n1C. The van der Waals surface area contributed by atoms with Crippen LogP contribution in [0.25, 0.3) is 11.0 Å². The first-order valence-corrected chi connectivity index (χ1v) is 6.42. The zero-order valence-electron chi connectivity index (χ0n) is 11.3. The molecule has 0 atom stereocenters.